The van der Waals surface area contributed by atoms with Crippen molar-refractivity contribution in [2.45, 2.75) is 67.2 Å². The van der Waals surface area contributed by atoms with Gasteiger partial charge in [0.05, 0.1) is 0 Å². The Morgan fingerprint density at radius 1 is 0.425 bits per heavy atom. The molecule has 0 heterocycles. The third-order valence-corrected chi connectivity index (χ3v) is 8.35. The molecule has 4 aliphatic carbocycles. The van der Waals surface area contributed by atoms with Gasteiger partial charge in [0, 0.05) is 0 Å². The molecule has 0 aliphatic heterocycles. The van der Waals surface area contributed by atoms with Crippen molar-refractivity contribution >= 4 is 24.3 Å². The van der Waals surface area contributed by atoms with Crippen LogP contribution in [0.1, 0.15) is 95.2 Å². The molecule has 0 spiro atoms. The molecule has 202 valence electrons. The second kappa shape index (κ2) is 11.3. The number of benzene rings is 1. The Morgan fingerprint density at radius 2 is 0.800 bits per heavy atom. The maximum Gasteiger partial charge on any atom is -0.00793 e. The van der Waals surface area contributed by atoms with Gasteiger partial charge in [-0.3, -0.25) is 0 Å². The van der Waals surface area contributed by atoms with Crippen molar-refractivity contribution in [2.75, 3.05) is 0 Å². The molecule has 0 N–H and O–H groups in total. The van der Waals surface area contributed by atoms with Gasteiger partial charge in [-0.25, -0.2) is 0 Å². The average Bonchev–Trinajstić information content (AvgIpc) is 3.23. The highest BCUT2D eigenvalue weighted by Gasteiger charge is 2.16. The Balaban J connectivity index is 1.38. The van der Waals surface area contributed by atoms with E-state index in [1.807, 2.05) is 0 Å². The lowest BCUT2D eigenvalue weighted by Crippen LogP contribution is -1.84. The van der Waals surface area contributed by atoms with Crippen molar-refractivity contribution in [3.63, 3.8) is 0 Å². The number of fused-ring (bicyclic) bond motifs is 2. The molecular weight excluding hydrogens is 480 g/mol. The fourth-order valence-corrected chi connectivity index (χ4v) is 5.83. The summed E-state index contributed by atoms with van der Waals surface area (Å²) in [6.45, 7) is 18.0. The van der Waals surface area contributed by atoms with Crippen LogP contribution < -0.4 is 0 Å². The molecule has 0 aromatic heterocycles. The Morgan fingerprint density at radius 3 is 1.15 bits per heavy atom. The molecule has 40 heavy (non-hydrogen) atoms. The molecular formula is C40H42. The highest BCUT2D eigenvalue weighted by Crippen LogP contribution is 2.38. The van der Waals surface area contributed by atoms with Crippen LogP contribution in [0, 0.1) is 27.7 Å². The minimum Gasteiger partial charge on any atom is -0.0587 e. The van der Waals surface area contributed by atoms with E-state index in [2.05, 4.69) is 152 Å². The van der Waals surface area contributed by atoms with E-state index in [0.29, 0.717) is 11.8 Å². The van der Waals surface area contributed by atoms with Crippen LogP contribution in [0.4, 0.5) is 0 Å². The summed E-state index contributed by atoms with van der Waals surface area (Å²) in [5.41, 5.74) is 18.6. The maximum absolute atomic E-state index is 2.38. The standard InChI is InChI=1S/C40H42/c1-25(2)33-17-9-27(5)39-35(21-29(7)37(39)23-33)19-15-31-11-13-32(14-12-31)16-20-36-22-30(8)38-24-34(26(3)4)18-10-28(6)40(36)38/h9-26H,1-8H3/b19-15+,20-16+. The van der Waals surface area contributed by atoms with Crippen molar-refractivity contribution in [3.8, 4) is 22.3 Å². The zero-order valence-electron chi connectivity index (χ0n) is 25.4. The monoisotopic (exact) mass is 522 g/mol. The van der Waals surface area contributed by atoms with Gasteiger partial charge in [-0.15, -0.1) is 0 Å². The van der Waals surface area contributed by atoms with Crippen molar-refractivity contribution in [1.82, 2.24) is 0 Å². The van der Waals surface area contributed by atoms with Gasteiger partial charge in [-0.05, 0) is 117 Å². The Labute approximate surface area is 241 Å². The van der Waals surface area contributed by atoms with Crippen LogP contribution in [0.15, 0.2) is 72.8 Å². The fourth-order valence-electron chi connectivity index (χ4n) is 5.83. The van der Waals surface area contributed by atoms with E-state index in [4.69, 9.17) is 0 Å². The zero-order chi connectivity index (χ0) is 28.6. The summed E-state index contributed by atoms with van der Waals surface area (Å²) < 4.78 is 0. The molecule has 0 nitrogen and oxygen atoms in total. The van der Waals surface area contributed by atoms with E-state index in [0.717, 1.165) is 0 Å². The normalized spacial score (nSPS) is 12.2. The second-order valence-corrected chi connectivity index (χ2v) is 12.1. The highest BCUT2D eigenvalue weighted by atomic mass is 14.2. The Bertz CT molecular complexity index is 1530. The Kier molecular flexibility index (Phi) is 7.81. The first kappa shape index (κ1) is 27.7. The molecule has 0 saturated heterocycles. The van der Waals surface area contributed by atoms with Crippen LogP contribution in [-0.4, -0.2) is 0 Å². The third kappa shape index (κ3) is 5.54. The van der Waals surface area contributed by atoms with Crippen LogP contribution in [0.2, 0.25) is 0 Å². The van der Waals surface area contributed by atoms with E-state index >= 15 is 0 Å². The summed E-state index contributed by atoms with van der Waals surface area (Å²) in [5.74, 6) is 1.03. The van der Waals surface area contributed by atoms with Crippen molar-refractivity contribution in [1.29, 1.82) is 0 Å². The first-order valence-corrected chi connectivity index (χ1v) is 14.7. The van der Waals surface area contributed by atoms with Gasteiger partial charge in [0.2, 0.25) is 0 Å². The average molecular weight is 523 g/mol. The summed E-state index contributed by atoms with van der Waals surface area (Å²) in [6, 6.07) is 27.4. The van der Waals surface area contributed by atoms with Gasteiger partial charge in [-0.2, -0.15) is 0 Å². The summed E-state index contributed by atoms with van der Waals surface area (Å²) in [7, 11) is 0. The minimum absolute atomic E-state index is 0.516. The number of aryl methyl sites for hydroxylation is 4. The molecule has 0 amide bonds. The number of hydrogen-bond donors (Lipinski definition) is 0. The van der Waals surface area contributed by atoms with E-state index in [1.54, 1.807) is 0 Å². The fraction of sp³-hybridized carbons (Fsp3) is 0.250. The predicted octanol–water partition coefficient (Wildman–Crippen LogP) is 11.7. The van der Waals surface area contributed by atoms with Gasteiger partial charge in [0.15, 0.2) is 0 Å². The lowest BCUT2D eigenvalue weighted by atomic mass is 10.00. The quantitative estimate of drug-likeness (QED) is 0.208. The summed E-state index contributed by atoms with van der Waals surface area (Å²) in [5, 5.41) is 0. The van der Waals surface area contributed by atoms with Gasteiger partial charge in [0.25, 0.3) is 0 Å². The van der Waals surface area contributed by atoms with Crippen LogP contribution >= 0.6 is 0 Å². The third-order valence-electron chi connectivity index (χ3n) is 8.35. The van der Waals surface area contributed by atoms with Crippen LogP contribution in [-0.2, 0) is 0 Å². The van der Waals surface area contributed by atoms with E-state index < -0.39 is 0 Å². The number of hydrogen-bond acceptors (Lipinski definition) is 0. The van der Waals surface area contributed by atoms with Gasteiger partial charge in [-0.1, -0.05) is 125 Å². The molecule has 0 heteroatoms. The van der Waals surface area contributed by atoms with Crippen LogP contribution in [0.25, 0.3) is 46.6 Å². The minimum atomic E-state index is 0.516. The molecule has 1 aromatic rings. The molecule has 0 saturated carbocycles. The Hall–Kier alpha value is -3.90. The lowest BCUT2D eigenvalue weighted by molar-refractivity contribution is 0.868. The van der Waals surface area contributed by atoms with E-state index in [-0.39, 0.29) is 0 Å². The van der Waals surface area contributed by atoms with E-state index in [1.165, 1.54) is 77.9 Å². The maximum atomic E-state index is 2.38. The summed E-state index contributed by atoms with van der Waals surface area (Å²) in [4.78, 5) is 0. The molecule has 0 unspecified atom stereocenters. The largest absolute Gasteiger partial charge is 0.0587 e. The second-order valence-electron chi connectivity index (χ2n) is 12.1. The van der Waals surface area contributed by atoms with Crippen LogP contribution in [0.3, 0.4) is 0 Å². The molecule has 0 fully saturated rings. The molecule has 1 aromatic carbocycles. The predicted molar refractivity (Wildman–Crippen MR) is 178 cm³/mol. The summed E-state index contributed by atoms with van der Waals surface area (Å²) in [6.07, 6.45) is 9.02. The first-order valence-electron chi connectivity index (χ1n) is 14.7. The summed E-state index contributed by atoms with van der Waals surface area (Å²) >= 11 is 0. The van der Waals surface area contributed by atoms with Crippen molar-refractivity contribution < 1.29 is 0 Å². The zero-order valence-corrected chi connectivity index (χ0v) is 25.4. The molecule has 0 atom stereocenters. The molecule has 4 aliphatic rings. The van der Waals surface area contributed by atoms with Crippen molar-refractivity contribution in [3.05, 3.63) is 128 Å². The SMILES string of the molecule is Cc1cc(/C=C/c2ccc(/C=C/c3cc(C)c4cc(C(C)C)ccc(C)c3-4)cc2)c2c(C)ccc(C(C)C)cc1-2. The van der Waals surface area contributed by atoms with E-state index in [9.17, 15) is 0 Å². The van der Waals surface area contributed by atoms with Gasteiger partial charge < -0.3 is 0 Å². The molecule has 0 bridgehead atoms. The number of rotatable bonds is 6. The lowest BCUT2D eigenvalue weighted by Gasteiger charge is -2.04. The van der Waals surface area contributed by atoms with Crippen LogP contribution in [0.5, 0.6) is 0 Å². The topological polar surface area (TPSA) is 0 Å². The molecule has 0 radical (unpaired) electrons. The smallest absolute Gasteiger partial charge is 0.00793 e. The van der Waals surface area contributed by atoms with Gasteiger partial charge >= 0.3 is 0 Å². The van der Waals surface area contributed by atoms with Crippen molar-refractivity contribution in [2.24, 2.45) is 0 Å². The highest BCUT2D eigenvalue weighted by molar-refractivity contribution is 5.89. The first-order chi connectivity index (χ1) is 19.1. The molecule has 5 rings (SSSR count). The van der Waals surface area contributed by atoms with Gasteiger partial charge in [0.1, 0.15) is 0 Å².